The number of hydrogen-bond donors (Lipinski definition) is 2. The van der Waals surface area contributed by atoms with Crippen LogP contribution >= 0.6 is 11.8 Å². The van der Waals surface area contributed by atoms with Gasteiger partial charge in [0.2, 0.25) is 0 Å². The van der Waals surface area contributed by atoms with E-state index in [-0.39, 0.29) is 28.7 Å². The summed E-state index contributed by atoms with van der Waals surface area (Å²) in [6, 6.07) is 12.0. The predicted octanol–water partition coefficient (Wildman–Crippen LogP) is 2.64. The summed E-state index contributed by atoms with van der Waals surface area (Å²) >= 11 is 1.45. The Balaban J connectivity index is 1.40. The second-order valence-corrected chi connectivity index (χ2v) is 10.4. The number of nitrogens with one attached hydrogen (secondary N) is 2. The third kappa shape index (κ3) is 4.54. The normalized spacial score (nSPS) is 21.5. The quantitative estimate of drug-likeness (QED) is 0.726. The fourth-order valence-corrected chi connectivity index (χ4v) is 7.00. The molecule has 2 aromatic rings. The van der Waals surface area contributed by atoms with Crippen molar-refractivity contribution in [2.24, 2.45) is 4.99 Å². The lowest BCUT2D eigenvalue weighted by molar-refractivity contribution is 0.102. The van der Waals surface area contributed by atoms with Gasteiger partial charge >= 0.3 is 0 Å². The molecule has 2 N–H and O–H groups in total. The second kappa shape index (κ2) is 8.19. The zero-order valence-corrected chi connectivity index (χ0v) is 18.0. The van der Waals surface area contributed by atoms with Gasteiger partial charge in [0, 0.05) is 40.4 Å². The van der Waals surface area contributed by atoms with Crippen molar-refractivity contribution < 1.29 is 22.7 Å². The number of hydrogen-bond acceptors (Lipinski definition) is 8. The SMILES string of the molecule is COc1cc(NC(=O)c2ccc(NC3=N[C@@H]4CS(=O)(=O)C[C@@H]4S3)cc2)cc(OC)c1. The monoisotopic (exact) mass is 447 g/mol. The van der Waals surface area contributed by atoms with Crippen molar-refractivity contribution in [1.82, 2.24) is 0 Å². The van der Waals surface area contributed by atoms with Crippen LogP contribution in [0.2, 0.25) is 0 Å². The number of ether oxygens (including phenoxy) is 2. The molecule has 158 valence electrons. The Hall–Kier alpha value is -2.72. The van der Waals surface area contributed by atoms with E-state index in [0.717, 1.165) is 5.69 Å². The fourth-order valence-electron chi connectivity index (χ4n) is 3.33. The summed E-state index contributed by atoms with van der Waals surface area (Å²) in [5, 5.41) is 6.72. The first-order valence-electron chi connectivity index (χ1n) is 9.21. The molecule has 2 heterocycles. The van der Waals surface area contributed by atoms with E-state index in [2.05, 4.69) is 15.6 Å². The van der Waals surface area contributed by atoms with E-state index in [1.807, 2.05) is 0 Å². The van der Waals surface area contributed by atoms with Crippen LogP contribution in [0, 0.1) is 0 Å². The van der Waals surface area contributed by atoms with Crippen molar-refractivity contribution in [3.05, 3.63) is 48.0 Å². The van der Waals surface area contributed by atoms with Gasteiger partial charge in [0.1, 0.15) is 11.5 Å². The molecule has 1 saturated heterocycles. The molecular weight excluding hydrogens is 426 g/mol. The van der Waals surface area contributed by atoms with E-state index in [1.165, 1.54) is 11.8 Å². The molecule has 0 bridgehead atoms. The summed E-state index contributed by atoms with van der Waals surface area (Å²) in [5.74, 6) is 1.19. The van der Waals surface area contributed by atoms with Crippen LogP contribution in [-0.2, 0) is 9.84 Å². The molecule has 0 aromatic heterocycles. The molecule has 0 saturated carbocycles. The summed E-state index contributed by atoms with van der Waals surface area (Å²) in [6.45, 7) is 0. The number of anilines is 2. The van der Waals surface area contributed by atoms with Crippen LogP contribution in [0.15, 0.2) is 47.5 Å². The van der Waals surface area contributed by atoms with Gasteiger partial charge in [0.25, 0.3) is 5.91 Å². The molecule has 30 heavy (non-hydrogen) atoms. The lowest BCUT2D eigenvalue weighted by Gasteiger charge is -2.11. The van der Waals surface area contributed by atoms with Gasteiger partial charge in [-0.2, -0.15) is 0 Å². The van der Waals surface area contributed by atoms with E-state index < -0.39 is 9.84 Å². The topological polar surface area (TPSA) is 106 Å². The third-order valence-corrected chi connectivity index (χ3v) is 7.97. The highest BCUT2D eigenvalue weighted by Crippen LogP contribution is 2.34. The lowest BCUT2D eigenvalue weighted by atomic mass is 10.2. The molecule has 0 radical (unpaired) electrons. The first-order valence-corrected chi connectivity index (χ1v) is 11.9. The van der Waals surface area contributed by atoms with Crippen LogP contribution in [0.25, 0.3) is 0 Å². The molecular formula is C20H21N3O5S2. The van der Waals surface area contributed by atoms with E-state index >= 15 is 0 Å². The highest BCUT2D eigenvalue weighted by molar-refractivity contribution is 8.15. The Kier molecular flexibility index (Phi) is 5.61. The summed E-state index contributed by atoms with van der Waals surface area (Å²) in [6.07, 6.45) is 0. The van der Waals surface area contributed by atoms with Gasteiger partial charge in [0.05, 0.1) is 31.8 Å². The van der Waals surface area contributed by atoms with Crippen LogP contribution in [0.5, 0.6) is 11.5 Å². The fraction of sp³-hybridized carbons (Fsp3) is 0.300. The van der Waals surface area contributed by atoms with Crippen molar-refractivity contribution in [1.29, 1.82) is 0 Å². The van der Waals surface area contributed by atoms with Crippen LogP contribution in [0.3, 0.4) is 0 Å². The molecule has 2 atom stereocenters. The molecule has 8 nitrogen and oxygen atoms in total. The van der Waals surface area contributed by atoms with Crippen molar-refractivity contribution in [3.8, 4) is 11.5 Å². The maximum Gasteiger partial charge on any atom is 0.255 e. The Morgan fingerprint density at radius 2 is 1.70 bits per heavy atom. The minimum absolute atomic E-state index is 0.0117. The summed E-state index contributed by atoms with van der Waals surface area (Å²) < 4.78 is 33.7. The molecule has 0 unspecified atom stereocenters. The number of carbonyl (C=O) groups excluding carboxylic acids is 1. The number of aliphatic imine (C=N–C) groups is 1. The average Bonchev–Trinajstić information content (AvgIpc) is 3.20. The number of rotatable bonds is 5. The molecule has 0 spiro atoms. The Morgan fingerprint density at radius 1 is 1.03 bits per heavy atom. The first kappa shape index (κ1) is 20.5. The van der Waals surface area contributed by atoms with E-state index in [0.29, 0.717) is 27.9 Å². The molecule has 4 rings (SSSR count). The largest absolute Gasteiger partial charge is 0.497 e. The highest BCUT2D eigenvalue weighted by Gasteiger charge is 2.42. The van der Waals surface area contributed by atoms with E-state index in [1.54, 1.807) is 56.7 Å². The summed E-state index contributed by atoms with van der Waals surface area (Å²) in [5.41, 5.74) is 1.84. The van der Waals surface area contributed by atoms with Gasteiger partial charge < -0.3 is 20.1 Å². The molecule has 2 aliphatic rings. The molecule has 2 aromatic carbocycles. The Bertz CT molecular complexity index is 1080. The number of fused-ring (bicyclic) bond motifs is 1. The lowest BCUT2D eigenvalue weighted by Crippen LogP contribution is -2.13. The summed E-state index contributed by atoms with van der Waals surface area (Å²) in [7, 11) is 0.126. The molecule has 10 heteroatoms. The number of amidine groups is 1. The maximum atomic E-state index is 12.6. The summed E-state index contributed by atoms with van der Waals surface area (Å²) in [4.78, 5) is 17.0. The molecule has 0 aliphatic carbocycles. The number of carbonyl (C=O) groups is 1. The van der Waals surface area contributed by atoms with Crippen molar-refractivity contribution in [3.63, 3.8) is 0 Å². The number of amides is 1. The number of thioether (sulfide) groups is 1. The van der Waals surface area contributed by atoms with Crippen LogP contribution < -0.4 is 20.1 Å². The van der Waals surface area contributed by atoms with Crippen LogP contribution in [0.1, 0.15) is 10.4 Å². The number of sulfone groups is 1. The molecule has 1 amide bonds. The van der Waals surface area contributed by atoms with E-state index in [4.69, 9.17) is 9.47 Å². The minimum Gasteiger partial charge on any atom is -0.497 e. The van der Waals surface area contributed by atoms with Crippen molar-refractivity contribution in [2.75, 3.05) is 36.4 Å². The van der Waals surface area contributed by atoms with Gasteiger partial charge in [-0.05, 0) is 24.3 Å². The molecule has 1 fully saturated rings. The number of methoxy groups -OCH3 is 2. The van der Waals surface area contributed by atoms with Gasteiger partial charge in [-0.25, -0.2) is 8.42 Å². The second-order valence-electron chi connectivity index (χ2n) is 6.99. The zero-order valence-electron chi connectivity index (χ0n) is 16.4. The van der Waals surface area contributed by atoms with Crippen molar-refractivity contribution in [2.45, 2.75) is 11.3 Å². The van der Waals surface area contributed by atoms with Crippen LogP contribution in [-0.4, -0.2) is 56.5 Å². The Labute approximate surface area is 179 Å². The van der Waals surface area contributed by atoms with Crippen molar-refractivity contribution >= 4 is 44.0 Å². The predicted molar refractivity (Wildman–Crippen MR) is 119 cm³/mol. The standard InChI is InChI=1S/C20H21N3O5S2/c1-27-15-7-14(8-16(9-15)28-2)21-19(24)12-3-5-13(6-4-12)22-20-23-17-10-30(25,26)11-18(17)29-20/h3-9,17-18H,10-11H2,1-2H3,(H,21,24)(H,22,23)/t17-,18+/m1/s1. The van der Waals surface area contributed by atoms with Gasteiger partial charge in [-0.3, -0.25) is 9.79 Å². The Morgan fingerprint density at radius 3 is 2.30 bits per heavy atom. The smallest absolute Gasteiger partial charge is 0.255 e. The number of benzene rings is 2. The maximum absolute atomic E-state index is 12.6. The minimum atomic E-state index is -2.97. The van der Waals surface area contributed by atoms with Gasteiger partial charge in [-0.1, -0.05) is 11.8 Å². The highest BCUT2D eigenvalue weighted by atomic mass is 32.2. The molecule has 2 aliphatic heterocycles. The number of nitrogens with zero attached hydrogens (tertiary/aromatic N) is 1. The van der Waals surface area contributed by atoms with Crippen LogP contribution in [0.4, 0.5) is 11.4 Å². The average molecular weight is 448 g/mol. The van der Waals surface area contributed by atoms with Gasteiger partial charge in [0.15, 0.2) is 15.0 Å². The third-order valence-electron chi connectivity index (χ3n) is 4.83. The zero-order chi connectivity index (χ0) is 21.3. The van der Waals surface area contributed by atoms with E-state index in [9.17, 15) is 13.2 Å². The first-order chi connectivity index (χ1) is 14.3. The van der Waals surface area contributed by atoms with Gasteiger partial charge in [-0.15, -0.1) is 0 Å².